The zero-order valence-electron chi connectivity index (χ0n) is 12.0. The van der Waals surface area contributed by atoms with Gasteiger partial charge in [0.25, 0.3) is 0 Å². The highest BCUT2D eigenvalue weighted by atomic mass is 35.5. The Morgan fingerprint density at radius 1 is 1.29 bits per heavy atom. The average molecular weight is 320 g/mol. The zero-order valence-corrected chi connectivity index (χ0v) is 13.5. The summed E-state index contributed by atoms with van der Waals surface area (Å²) in [5.74, 6) is 6.10. The predicted octanol–water partition coefficient (Wildman–Crippen LogP) is 3.77. The van der Waals surface area contributed by atoms with Crippen LogP contribution >= 0.6 is 22.9 Å². The van der Waals surface area contributed by atoms with E-state index in [0.29, 0.717) is 6.42 Å². The van der Waals surface area contributed by atoms with Crippen LogP contribution in [-0.2, 0) is 13.1 Å². The highest BCUT2D eigenvalue weighted by molar-refractivity contribution is 7.10. The lowest BCUT2D eigenvalue weighted by Gasteiger charge is -2.16. The summed E-state index contributed by atoms with van der Waals surface area (Å²) in [7, 11) is 2.09. The number of thiophene rings is 1. The van der Waals surface area contributed by atoms with Crippen LogP contribution in [0.15, 0.2) is 35.7 Å². The number of halogens is 1. The summed E-state index contributed by atoms with van der Waals surface area (Å²) in [5.41, 5.74) is 2.26. The molecule has 0 aliphatic heterocycles. The predicted molar refractivity (Wildman–Crippen MR) is 89.5 cm³/mol. The number of aliphatic hydroxyl groups excluding tert-OH is 1. The number of hydrogen-bond acceptors (Lipinski definition) is 3. The fourth-order valence-electron chi connectivity index (χ4n) is 2.04. The smallest absolute Gasteiger partial charge is 0.0540 e. The van der Waals surface area contributed by atoms with E-state index in [0.717, 1.165) is 23.7 Å². The molecule has 2 nitrogen and oxygen atoms in total. The fourth-order valence-corrected chi connectivity index (χ4v) is 3.16. The number of aliphatic hydroxyl groups is 1. The second kappa shape index (κ2) is 8.21. The minimum atomic E-state index is 0.112. The molecule has 0 spiro atoms. The Morgan fingerprint density at radius 3 is 2.90 bits per heavy atom. The van der Waals surface area contributed by atoms with Gasteiger partial charge in [0.1, 0.15) is 0 Å². The van der Waals surface area contributed by atoms with Crippen molar-refractivity contribution in [3.63, 3.8) is 0 Å². The van der Waals surface area contributed by atoms with Gasteiger partial charge in [-0.25, -0.2) is 0 Å². The minimum Gasteiger partial charge on any atom is -0.395 e. The zero-order chi connectivity index (χ0) is 15.1. The van der Waals surface area contributed by atoms with Crippen LogP contribution in [0.4, 0.5) is 0 Å². The quantitative estimate of drug-likeness (QED) is 0.848. The molecule has 0 radical (unpaired) electrons. The molecule has 110 valence electrons. The minimum absolute atomic E-state index is 0.112. The molecule has 0 unspecified atom stereocenters. The Kier molecular flexibility index (Phi) is 6.28. The van der Waals surface area contributed by atoms with E-state index in [1.54, 1.807) is 11.3 Å². The molecule has 2 aromatic rings. The molecule has 21 heavy (non-hydrogen) atoms. The van der Waals surface area contributed by atoms with Gasteiger partial charge in [0.05, 0.1) is 6.61 Å². The second-order valence-corrected chi connectivity index (χ2v) is 6.27. The maximum atomic E-state index is 8.78. The van der Waals surface area contributed by atoms with Gasteiger partial charge in [-0.1, -0.05) is 35.6 Å². The molecule has 0 fully saturated rings. The third-order valence-electron chi connectivity index (χ3n) is 2.96. The van der Waals surface area contributed by atoms with Crippen molar-refractivity contribution in [3.8, 4) is 11.8 Å². The van der Waals surface area contributed by atoms with Crippen LogP contribution in [0.2, 0.25) is 5.02 Å². The van der Waals surface area contributed by atoms with Crippen molar-refractivity contribution in [2.75, 3.05) is 13.7 Å². The van der Waals surface area contributed by atoms with E-state index in [2.05, 4.69) is 35.2 Å². The lowest BCUT2D eigenvalue weighted by atomic mass is 10.2. The van der Waals surface area contributed by atoms with Gasteiger partial charge < -0.3 is 5.11 Å². The molecule has 0 amide bonds. The largest absolute Gasteiger partial charge is 0.395 e. The maximum Gasteiger partial charge on any atom is 0.0540 e. The first-order valence-electron chi connectivity index (χ1n) is 6.78. The molecule has 1 heterocycles. The van der Waals surface area contributed by atoms with E-state index in [-0.39, 0.29) is 6.61 Å². The number of rotatable bonds is 5. The second-order valence-electron chi connectivity index (χ2n) is 4.84. The number of nitrogens with zero attached hydrogens (tertiary/aromatic N) is 1. The van der Waals surface area contributed by atoms with Crippen LogP contribution in [0.25, 0.3) is 0 Å². The Balaban J connectivity index is 1.99. The molecule has 2 rings (SSSR count). The van der Waals surface area contributed by atoms with Crippen molar-refractivity contribution in [1.82, 2.24) is 4.90 Å². The maximum absolute atomic E-state index is 8.78. The molecule has 4 heteroatoms. The van der Waals surface area contributed by atoms with Crippen LogP contribution in [0.1, 0.15) is 22.4 Å². The molecular weight excluding hydrogens is 302 g/mol. The van der Waals surface area contributed by atoms with Crippen LogP contribution in [-0.4, -0.2) is 23.7 Å². The Labute approximate surface area is 135 Å². The van der Waals surface area contributed by atoms with Crippen molar-refractivity contribution in [2.45, 2.75) is 19.5 Å². The van der Waals surface area contributed by atoms with E-state index in [1.165, 1.54) is 10.4 Å². The monoisotopic (exact) mass is 319 g/mol. The third kappa shape index (κ3) is 5.18. The topological polar surface area (TPSA) is 23.5 Å². The summed E-state index contributed by atoms with van der Waals surface area (Å²) in [6.07, 6.45) is 0.521. The molecule has 0 saturated heterocycles. The molecular formula is C17H18ClNOS. The average Bonchev–Trinajstić information content (AvgIpc) is 2.86. The van der Waals surface area contributed by atoms with E-state index < -0.39 is 0 Å². The molecule has 1 N–H and O–H groups in total. The van der Waals surface area contributed by atoms with Crippen LogP contribution in [0.5, 0.6) is 0 Å². The van der Waals surface area contributed by atoms with Gasteiger partial charge >= 0.3 is 0 Å². The summed E-state index contributed by atoms with van der Waals surface area (Å²) >= 11 is 7.73. The Bertz CT molecular complexity index is 641. The van der Waals surface area contributed by atoms with Crippen LogP contribution in [0, 0.1) is 11.8 Å². The van der Waals surface area contributed by atoms with Gasteiger partial charge in [0.2, 0.25) is 0 Å². The SMILES string of the molecule is CN(Cc1cccc(Cl)c1)Cc1sccc1C#CCCO. The molecule has 0 aliphatic rings. The number of hydrogen-bond donors (Lipinski definition) is 1. The van der Waals surface area contributed by atoms with Gasteiger partial charge in [-0.2, -0.15) is 0 Å². The van der Waals surface area contributed by atoms with Gasteiger partial charge in [-0.3, -0.25) is 4.90 Å². The number of benzene rings is 1. The first-order chi connectivity index (χ1) is 10.2. The van der Waals surface area contributed by atoms with Crippen LogP contribution < -0.4 is 0 Å². The fraction of sp³-hybridized carbons (Fsp3) is 0.294. The molecule has 0 saturated carbocycles. The third-order valence-corrected chi connectivity index (χ3v) is 4.10. The molecule has 0 bridgehead atoms. The summed E-state index contributed by atoms with van der Waals surface area (Å²) in [6, 6.07) is 9.98. The molecule has 1 aromatic heterocycles. The van der Waals surface area contributed by atoms with Crippen molar-refractivity contribution in [3.05, 3.63) is 56.7 Å². The van der Waals surface area contributed by atoms with Gasteiger partial charge in [-0.15, -0.1) is 11.3 Å². The molecule has 1 aromatic carbocycles. The van der Waals surface area contributed by atoms with Crippen molar-refractivity contribution < 1.29 is 5.11 Å². The highest BCUT2D eigenvalue weighted by Crippen LogP contribution is 2.19. The van der Waals surface area contributed by atoms with Crippen LogP contribution in [0.3, 0.4) is 0 Å². The van der Waals surface area contributed by atoms with E-state index in [4.69, 9.17) is 16.7 Å². The lowest BCUT2D eigenvalue weighted by Crippen LogP contribution is -2.17. The summed E-state index contributed by atoms with van der Waals surface area (Å²) in [5, 5.41) is 11.6. The first kappa shape index (κ1) is 16.1. The summed E-state index contributed by atoms with van der Waals surface area (Å²) < 4.78 is 0. The summed E-state index contributed by atoms with van der Waals surface area (Å²) in [6.45, 7) is 1.82. The van der Waals surface area contributed by atoms with Gasteiger partial charge in [0.15, 0.2) is 0 Å². The summed E-state index contributed by atoms with van der Waals surface area (Å²) in [4.78, 5) is 3.50. The van der Waals surface area contributed by atoms with E-state index in [1.807, 2.05) is 24.3 Å². The lowest BCUT2D eigenvalue weighted by molar-refractivity contribution is 0.305. The van der Waals surface area contributed by atoms with E-state index >= 15 is 0 Å². The standard InChI is InChI=1S/C17H18ClNOS/c1-19(12-14-5-4-7-16(18)11-14)13-17-15(8-10-21-17)6-2-3-9-20/h4-5,7-8,10-11,20H,3,9,12-13H2,1H3. The molecule has 0 aliphatic carbocycles. The Morgan fingerprint density at radius 2 is 2.14 bits per heavy atom. The van der Waals surface area contributed by atoms with Gasteiger partial charge in [0, 0.05) is 35.0 Å². The van der Waals surface area contributed by atoms with Crippen molar-refractivity contribution in [2.24, 2.45) is 0 Å². The van der Waals surface area contributed by atoms with Crippen molar-refractivity contribution in [1.29, 1.82) is 0 Å². The van der Waals surface area contributed by atoms with Crippen molar-refractivity contribution >= 4 is 22.9 Å². The normalized spacial score (nSPS) is 10.5. The Hall–Kier alpha value is -1.31. The van der Waals surface area contributed by atoms with Gasteiger partial charge in [-0.05, 0) is 36.2 Å². The molecule has 0 atom stereocenters. The van der Waals surface area contributed by atoms with E-state index in [9.17, 15) is 0 Å². The first-order valence-corrected chi connectivity index (χ1v) is 8.04. The highest BCUT2D eigenvalue weighted by Gasteiger charge is 2.07.